The highest BCUT2D eigenvalue weighted by Gasteiger charge is 2.37. The van der Waals surface area contributed by atoms with Crippen LogP contribution < -0.4 is 15.2 Å². The van der Waals surface area contributed by atoms with Gasteiger partial charge in [0.15, 0.2) is 11.5 Å². The van der Waals surface area contributed by atoms with Gasteiger partial charge in [0.05, 0.1) is 13.2 Å². The summed E-state index contributed by atoms with van der Waals surface area (Å²) in [6, 6.07) is 6.30. The monoisotopic (exact) mass is 249 g/mol. The van der Waals surface area contributed by atoms with Crippen LogP contribution >= 0.6 is 0 Å². The van der Waals surface area contributed by atoms with Crippen LogP contribution in [0.3, 0.4) is 0 Å². The van der Waals surface area contributed by atoms with E-state index < -0.39 is 0 Å². The van der Waals surface area contributed by atoms with Gasteiger partial charge in [-0.2, -0.15) is 0 Å². The number of rotatable bonds is 7. The van der Waals surface area contributed by atoms with E-state index in [2.05, 4.69) is 19.1 Å². The molecule has 0 bridgehead atoms. The second kappa shape index (κ2) is 6.10. The molecule has 2 N–H and O–H groups in total. The molecule has 1 saturated carbocycles. The Morgan fingerprint density at radius 3 is 2.67 bits per heavy atom. The van der Waals surface area contributed by atoms with Crippen molar-refractivity contribution in [2.45, 2.75) is 32.6 Å². The van der Waals surface area contributed by atoms with Crippen LogP contribution in [0.25, 0.3) is 0 Å². The van der Waals surface area contributed by atoms with Crippen LogP contribution in [0.5, 0.6) is 11.5 Å². The van der Waals surface area contributed by atoms with E-state index in [4.69, 9.17) is 15.2 Å². The van der Waals surface area contributed by atoms with Crippen LogP contribution in [0, 0.1) is 5.92 Å². The first-order valence-electron chi connectivity index (χ1n) is 6.89. The predicted molar refractivity (Wildman–Crippen MR) is 73.3 cm³/mol. The number of ether oxygens (including phenoxy) is 2. The van der Waals surface area contributed by atoms with Gasteiger partial charge in [0, 0.05) is 0 Å². The molecule has 0 radical (unpaired) electrons. The lowest BCUT2D eigenvalue weighted by Crippen LogP contribution is -2.03. The largest absolute Gasteiger partial charge is 0.490 e. The molecule has 1 aromatic carbocycles. The standard InChI is InChI=1S/C15H23NO2/c1-3-7-18-14-6-5-11(9-15(14)17-4-2)13-8-12(13)10-16/h5-6,9,12-13H,3-4,7-8,10,16H2,1-2H3. The van der Waals surface area contributed by atoms with Crippen molar-refractivity contribution in [3.63, 3.8) is 0 Å². The molecule has 1 aliphatic rings. The van der Waals surface area contributed by atoms with Crippen molar-refractivity contribution in [1.82, 2.24) is 0 Å². The minimum Gasteiger partial charge on any atom is -0.490 e. The van der Waals surface area contributed by atoms with Crippen molar-refractivity contribution in [2.75, 3.05) is 19.8 Å². The number of benzene rings is 1. The highest BCUT2D eigenvalue weighted by molar-refractivity contribution is 5.45. The number of hydrogen-bond acceptors (Lipinski definition) is 3. The first-order chi connectivity index (χ1) is 8.80. The molecule has 18 heavy (non-hydrogen) atoms. The average Bonchev–Trinajstić information content (AvgIpc) is 3.17. The van der Waals surface area contributed by atoms with Crippen molar-refractivity contribution in [2.24, 2.45) is 11.7 Å². The smallest absolute Gasteiger partial charge is 0.161 e. The molecule has 0 aliphatic heterocycles. The van der Waals surface area contributed by atoms with E-state index in [1.807, 2.05) is 13.0 Å². The summed E-state index contributed by atoms with van der Waals surface area (Å²) in [7, 11) is 0. The summed E-state index contributed by atoms with van der Waals surface area (Å²) in [5, 5.41) is 0. The van der Waals surface area contributed by atoms with Crippen LogP contribution in [0.4, 0.5) is 0 Å². The second-order valence-electron chi connectivity index (χ2n) is 4.83. The third kappa shape index (κ3) is 2.96. The Morgan fingerprint density at radius 2 is 2.06 bits per heavy atom. The molecule has 1 aromatic rings. The molecule has 2 rings (SSSR count). The molecule has 3 heteroatoms. The van der Waals surface area contributed by atoms with Gasteiger partial charge >= 0.3 is 0 Å². The Morgan fingerprint density at radius 1 is 1.22 bits per heavy atom. The van der Waals surface area contributed by atoms with Crippen molar-refractivity contribution >= 4 is 0 Å². The zero-order valence-corrected chi connectivity index (χ0v) is 11.3. The summed E-state index contributed by atoms with van der Waals surface area (Å²) in [6.07, 6.45) is 2.21. The molecule has 0 spiro atoms. The zero-order chi connectivity index (χ0) is 13.0. The van der Waals surface area contributed by atoms with E-state index in [0.717, 1.165) is 31.1 Å². The molecule has 3 nitrogen and oxygen atoms in total. The van der Waals surface area contributed by atoms with Gasteiger partial charge in [-0.25, -0.2) is 0 Å². The van der Waals surface area contributed by atoms with Crippen LogP contribution in [-0.2, 0) is 0 Å². The Labute approximate surface area is 109 Å². The second-order valence-corrected chi connectivity index (χ2v) is 4.83. The van der Waals surface area contributed by atoms with Gasteiger partial charge in [0.1, 0.15) is 0 Å². The van der Waals surface area contributed by atoms with E-state index in [1.165, 1.54) is 12.0 Å². The van der Waals surface area contributed by atoms with Gasteiger partial charge in [-0.15, -0.1) is 0 Å². The van der Waals surface area contributed by atoms with E-state index in [0.29, 0.717) is 18.4 Å². The molecule has 0 aromatic heterocycles. The summed E-state index contributed by atoms with van der Waals surface area (Å²) < 4.78 is 11.4. The quantitative estimate of drug-likeness (QED) is 0.808. The van der Waals surface area contributed by atoms with Crippen molar-refractivity contribution in [3.8, 4) is 11.5 Å². The van der Waals surface area contributed by atoms with E-state index in [9.17, 15) is 0 Å². The third-order valence-corrected chi connectivity index (χ3v) is 3.38. The molecule has 0 saturated heterocycles. The van der Waals surface area contributed by atoms with Crippen LogP contribution in [-0.4, -0.2) is 19.8 Å². The van der Waals surface area contributed by atoms with Crippen molar-refractivity contribution < 1.29 is 9.47 Å². The van der Waals surface area contributed by atoms with Gasteiger partial charge in [-0.1, -0.05) is 13.0 Å². The van der Waals surface area contributed by atoms with Crippen LogP contribution in [0.2, 0.25) is 0 Å². The lowest BCUT2D eigenvalue weighted by molar-refractivity contribution is 0.276. The summed E-state index contributed by atoms with van der Waals surface area (Å²) >= 11 is 0. The summed E-state index contributed by atoms with van der Waals surface area (Å²) in [5.41, 5.74) is 7.03. The van der Waals surface area contributed by atoms with Crippen LogP contribution in [0.15, 0.2) is 18.2 Å². The highest BCUT2D eigenvalue weighted by atomic mass is 16.5. The first kappa shape index (κ1) is 13.2. The van der Waals surface area contributed by atoms with Crippen molar-refractivity contribution in [3.05, 3.63) is 23.8 Å². The van der Waals surface area contributed by atoms with Crippen molar-refractivity contribution in [1.29, 1.82) is 0 Å². The lowest BCUT2D eigenvalue weighted by atomic mass is 10.1. The predicted octanol–water partition coefficient (Wildman–Crippen LogP) is 2.94. The molecule has 100 valence electrons. The fourth-order valence-electron chi connectivity index (χ4n) is 2.27. The summed E-state index contributed by atoms with van der Waals surface area (Å²) in [4.78, 5) is 0. The van der Waals surface area contributed by atoms with Gasteiger partial charge in [0.25, 0.3) is 0 Å². The Kier molecular flexibility index (Phi) is 4.48. The Hall–Kier alpha value is -1.22. The van der Waals surface area contributed by atoms with E-state index >= 15 is 0 Å². The summed E-state index contributed by atoms with van der Waals surface area (Å²) in [6.45, 7) is 6.27. The zero-order valence-electron chi connectivity index (χ0n) is 11.3. The molecule has 2 atom stereocenters. The minimum atomic E-state index is 0.620. The molecule has 0 amide bonds. The van der Waals surface area contributed by atoms with Gasteiger partial charge in [-0.05, 0) is 55.8 Å². The number of hydrogen-bond donors (Lipinski definition) is 1. The highest BCUT2D eigenvalue weighted by Crippen LogP contribution is 2.48. The minimum absolute atomic E-state index is 0.620. The maximum atomic E-state index is 5.70. The third-order valence-electron chi connectivity index (χ3n) is 3.38. The van der Waals surface area contributed by atoms with Crippen LogP contribution in [0.1, 0.15) is 38.2 Å². The maximum Gasteiger partial charge on any atom is 0.161 e. The van der Waals surface area contributed by atoms with Gasteiger partial charge < -0.3 is 15.2 Å². The van der Waals surface area contributed by atoms with E-state index in [1.54, 1.807) is 0 Å². The maximum absolute atomic E-state index is 5.70. The SMILES string of the molecule is CCCOc1ccc(C2CC2CN)cc1OCC. The molecular weight excluding hydrogens is 226 g/mol. The van der Waals surface area contributed by atoms with Gasteiger partial charge in [-0.3, -0.25) is 0 Å². The fraction of sp³-hybridized carbons (Fsp3) is 0.600. The Bertz CT molecular complexity index is 392. The molecule has 1 fully saturated rings. The fourth-order valence-corrected chi connectivity index (χ4v) is 2.27. The average molecular weight is 249 g/mol. The first-order valence-corrected chi connectivity index (χ1v) is 6.89. The molecule has 2 unspecified atom stereocenters. The lowest BCUT2D eigenvalue weighted by Gasteiger charge is -2.13. The molecule has 1 aliphatic carbocycles. The van der Waals surface area contributed by atoms with Gasteiger partial charge in [0.2, 0.25) is 0 Å². The topological polar surface area (TPSA) is 44.5 Å². The molecule has 0 heterocycles. The Balaban J connectivity index is 2.12. The molecular formula is C15H23NO2. The normalized spacial score (nSPS) is 21.7. The summed E-state index contributed by atoms with van der Waals surface area (Å²) in [5.74, 6) is 3.00. The number of nitrogens with two attached hydrogens (primary N) is 1. The van der Waals surface area contributed by atoms with E-state index in [-0.39, 0.29) is 0 Å².